The molecule has 0 bridgehead atoms. The van der Waals surface area contributed by atoms with Gasteiger partial charge in [0, 0.05) is 18.7 Å². The van der Waals surface area contributed by atoms with Gasteiger partial charge in [0.25, 0.3) is 0 Å². The summed E-state index contributed by atoms with van der Waals surface area (Å²) in [5, 5.41) is 6.60. The highest BCUT2D eigenvalue weighted by Crippen LogP contribution is 2.33. The van der Waals surface area contributed by atoms with E-state index in [0.29, 0.717) is 6.04 Å². The summed E-state index contributed by atoms with van der Waals surface area (Å²) in [7, 11) is 0. The van der Waals surface area contributed by atoms with Gasteiger partial charge < -0.3 is 10.6 Å². The molecule has 0 aliphatic heterocycles. The lowest BCUT2D eigenvalue weighted by molar-refractivity contribution is 0.640. The molecule has 1 aromatic heterocycles. The van der Waals surface area contributed by atoms with Gasteiger partial charge in [-0.15, -0.1) is 0 Å². The van der Waals surface area contributed by atoms with E-state index in [1.165, 1.54) is 19.3 Å². The monoisotopic (exact) mass is 220 g/mol. The van der Waals surface area contributed by atoms with Crippen LogP contribution in [0.15, 0.2) is 12.4 Å². The predicted molar refractivity (Wildman–Crippen MR) is 66.6 cm³/mol. The highest BCUT2D eigenvalue weighted by Gasteiger charge is 2.23. The Bertz CT molecular complexity index is 336. The van der Waals surface area contributed by atoms with Gasteiger partial charge in [-0.25, -0.2) is 9.97 Å². The van der Waals surface area contributed by atoms with Gasteiger partial charge in [-0.2, -0.15) is 0 Å². The second-order valence-electron chi connectivity index (χ2n) is 4.54. The fraction of sp³-hybridized carbons (Fsp3) is 0.667. The maximum Gasteiger partial charge on any atom is 0.131 e. The highest BCUT2D eigenvalue weighted by atomic mass is 15.1. The second kappa shape index (κ2) is 5.14. The first-order valence-corrected chi connectivity index (χ1v) is 6.10. The molecule has 4 nitrogen and oxygen atoms in total. The van der Waals surface area contributed by atoms with E-state index >= 15 is 0 Å². The van der Waals surface area contributed by atoms with Crippen molar-refractivity contribution < 1.29 is 0 Å². The van der Waals surface area contributed by atoms with Crippen LogP contribution in [-0.2, 0) is 0 Å². The van der Waals surface area contributed by atoms with Crippen molar-refractivity contribution in [2.75, 3.05) is 17.2 Å². The van der Waals surface area contributed by atoms with Gasteiger partial charge >= 0.3 is 0 Å². The van der Waals surface area contributed by atoms with Crippen molar-refractivity contribution in [1.82, 2.24) is 9.97 Å². The third-order valence-electron chi connectivity index (χ3n) is 2.80. The molecule has 1 fully saturated rings. The van der Waals surface area contributed by atoms with Gasteiger partial charge in [-0.3, -0.25) is 0 Å². The SMILES string of the molecule is CCNc1cc(NC(C)CC2CC2)ncn1. The number of aromatic nitrogens is 2. The summed E-state index contributed by atoms with van der Waals surface area (Å²) in [6.45, 7) is 5.16. The number of anilines is 2. The van der Waals surface area contributed by atoms with E-state index in [-0.39, 0.29) is 0 Å². The van der Waals surface area contributed by atoms with Crippen LogP contribution in [0.4, 0.5) is 11.6 Å². The van der Waals surface area contributed by atoms with Crippen molar-refractivity contribution in [3.05, 3.63) is 12.4 Å². The number of rotatable bonds is 6. The van der Waals surface area contributed by atoms with Crippen molar-refractivity contribution >= 4 is 11.6 Å². The molecule has 1 aliphatic carbocycles. The first-order chi connectivity index (χ1) is 7.78. The summed E-state index contributed by atoms with van der Waals surface area (Å²) in [4.78, 5) is 8.37. The van der Waals surface area contributed by atoms with E-state index in [4.69, 9.17) is 0 Å². The van der Waals surface area contributed by atoms with E-state index in [2.05, 4.69) is 34.4 Å². The summed E-state index contributed by atoms with van der Waals surface area (Å²) in [5.41, 5.74) is 0. The Kier molecular flexibility index (Phi) is 3.59. The molecule has 88 valence electrons. The highest BCUT2D eigenvalue weighted by molar-refractivity contribution is 5.46. The van der Waals surface area contributed by atoms with E-state index in [9.17, 15) is 0 Å². The molecular weight excluding hydrogens is 200 g/mol. The Morgan fingerprint density at radius 2 is 2.12 bits per heavy atom. The lowest BCUT2D eigenvalue weighted by Crippen LogP contribution is -2.17. The van der Waals surface area contributed by atoms with Crippen LogP contribution in [0.2, 0.25) is 0 Å². The third kappa shape index (κ3) is 3.36. The van der Waals surface area contributed by atoms with Crippen molar-refractivity contribution in [2.45, 2.75) is 39.2 Å². The fourth-order valence-corrected chi connectivity index (χ4v) is 1.88. The molecule has 1 aliphatic rings. The zero-order valence-electron chi connectivity index (χ0n) is 10.0. The zero-order valence-corrected chi connectivity index (χ0v) is 10.0. The Morgan fingerprint density at radius 3 is 2.81 bits per heavy atom. The van der Waals surface area contributed by atoms with E-state index in [0.717, 1.165) is 24.1 Å². The predicted octanol–water partition coefficient (Wildman–Crippen LogP) is 2.51. The molecule has 2 rings (SSSR count). The number of nitrogens with zero attached hydrogens (tertiary/aromatic N) is 2. The molecule has 1 saturated carbocycles. The zero-order chi connectivity index (χ0) is 11.4. The molecular formula is C12H20N4. The minimum atomic E-state index is 0.497. The van der Waals surface area contributed by atoms with Crippen molar-refractivity contribution in [2.24, 2.45) is 5.92 Å². The van der Waals surface area contributed by atoms with Gasteiger partial charge in [0.1, 0.15) is 18.0 Å². The van der Waals surface area contributed by atoms with Gasteiger partial charge in [-0.1, -0.05) is 12.8 Å². The fourth-order valence-electron chi connectivity index (χ4n) is 1.88. The van der Waals surface area contributed by atoms with Gasteiger partial charge in [-0.05, 0) is 26.2 Å². The minimum Gasteiger partial charge on any atom is -0.370 e. The Labute approximate surface area is 96.9 Å². The molecule has 0 aromatic carbocycles. The smallest absolute Gasteiger partial charge is 0.131 e. The summed E-state index contributed by atoms with van der Waals surface area (Å²) in [6.07, 6.45) is 5.65. The van der Waals surface area contributed by atoms with Crippen LogP contribution in [0.25, 0.3) is 0 Å². The molecule has 1 aromatic rings. The summed E-state index contributed by atoms with van der Waals surface area (Å²) in [5.74, 6) is 2.75. The van der Waals surface area contributed by atoms with Crippen LogP contribution >= 0.6 is 0 Å². The Morgan fingerprint density at radius 1 is 1.38 bits per heavy atom. The van der Waals surface area contributed by atoms with Crippen LogP contribution in [0, 0.1) is 5.92 Å². The number of hydrogen-bond acceptors (Lipinski definition) is 4. The van der Waals surface area contributed by atoms with Gasteiger partial charge in [0.2, 0.25) is 0 Å². The largest absolute Gasteiger partial charge is 0.370 e. The van der Waals surface area contributed by atoms with Crippen molar-refractivity contribution in [3.63, 3.8) is 0 Å². The summed E-state index contributed by atoms with van der Waals surface area (Å²) >= 11 is 0. The van der Waals surface area contributed by atoms with Crippen molar-refractivity contribution in [3.8, 4) is 0 Å². The molecule has 2 N–H and O–H groups in total. The second-order valence-corrected chi connectivity index (χ2v) is 4.54. The van der Waals surface area contributed by atoms with Crippen LogP contribution in [0.5, 0.6) is 0 Å². The quantitative estimate of drug-likeness (QED) is 0.773. The average molecular weight is 220 g/mol. The molecule has 0 radical (unpaired) electrons. The van der Waals surface area contributed by atoms with Gasteiger partial charge in [0.15, 0.2) is 0 Å². The molecule has 1 atom stereocenters. The lowest BCUT2D eigenvalue weighted by Gasteiger charge is -2.14. The standard InChI is InChI=1S/C12H20N4/c1-3-13-11-7-12(15-8-14-11)16-9(2)6-10-4-5-10/h7-10H,3-6H2,1-2H3,(H2,13,14,15,16). The van der Waals surface area contributed by atoms with Crippen LogP contribution in [0.1, 0.15) is 33.1 Å². The minimum absolute atomic E-state index is 0.497. The third-order valence-corrected chi connectivity index (χ3v) is 2.80. The normalized spacial score (nSPS) is 16.9. The Balaban J connectivity index is 1.88. The molecule has 0 saturated heterocycles. The van der Waals surface area contributed by atoms with Crippen LogP contribution in [0.3, 0.4) is 0 Å². The maximum absolute atomic E-state index is 4.23. The summed E-state index contributed by atoms with van der Waals surface area (Å²) < 4.78 is 0. The molecule has 1 heterocycles. The van der Waals surface area contributed by atoms with Gasteiger partial charge in [0.05, 0.1) is 0 Å². The molecule has 0 spiro atoms. The Hall–Kier alpha value is -1.32. The van der Waals surface area contributed by atoms with Crippen LogP contribution in [-0.4, -0.2) is 22.6 Å². The summed E-state index contributed by atoms with van der Waals surface area (Å²) in [6, 6.07) is 2.46. The number of nitrogens with one attached hydrogen (secondary N) is 2. The lowest BCUT2D eigenvalue weighted by atomic mass is 10.1. The molecule has 1 unspecified atom stereocenters. The first-order valence-electron chi connectivity index (χ1n) is 6.10. The average Bonchev–Trinajstić information content (AvgIpc) is 3.02. The van der Waals surface area contributed by atoms with E-state index < -0.39 is 0 Å². The molecule has 16 heavy (non-hydrogen) atoms. The first kappa shape index (κ1) is 11.2. The number of hydrogen-bond donors (Lipinski definition) is 2. The topological polar surface area (TPSA) is 49.8 Å². The van der Waals surface area contributed by atoms with E-state index in [1.807, 2.05) is 6.07 Å². The van der Waals surface area contributed by atoms with Crippen molar-refractivity contribution in [1.29, 1.82) is 0 Å². The molecule has 0 amide bonds. The molecule has 4 heteroatoms. The maximum atomic E-state index is 4.23. The van der Waals surface area contributed by atoms with E-state index in [1.54, 1.807) is 6.33 Å². The van der Waals surface area contributed by atoms with Crippen LogP contribution < -0.4 is 10.6 Å².